The van der Waals surface area contributed by atoms with Gasteiger partial charge in [0.15, 0.2) is 0 Å². The van der Waals surface area contributed by atoms with Crippen molar-refractivity contribution in [3.8, 4) is 0 Å². The summed E-state index contributed by atoms with van der Waals surface area (Å²) in [6.45, 7) is 3.27. The molecule has 0 aliphatic carbocycles. The molecule has 21 heavy (non-hydrogen) atoms. The predicted molar refractivity (Wildman–Crippen MR) is 83.1 cm³/mol. The average Bonchev–Trinajstić information content (AvgIpc) is 2.55. The Balaban J connectivity index is 1.49. The van der Waals surface area contributed by atoms with Crippen LogP contribution in [-0.2, 0) is 6.42 Å². The molecule has 3 heterocycles. The Bertz CT molecular complexity index is 531. The number of nitrogens with one attached hydrogen (secondary N) is 1. The summed E-state index contributed by atoms with van der Waals surface area (Å²) in [6, 6.07) is 8.38. The van der Waals surface area contributed by atoms with E-state index in [1.807, 2.05) is 18.3 Å². The van der Waals surface area contributed by atoms with Crippen molar-refractivity contribution in [2.45, 2.75) is 25.3 Å². The first-order chi connectivity index (χ1) is 10.4. The van der Waals surface area contributed by atoms with E-state index in [0.717, 1.165) is 25.5 Å². The minimum Gasteiger partial charge on any atom is -0.350 e. The lowest BCUT2D eigenvalue weighted by atomic mass is 10.1. The highest BCUT2D eigenvalue weighted by Gasteiger charge is 2.20. The first-order valence-corrected chi connectivity index (χ1v) is 7.56. The van der Waals surface area contributed by atoms with Crippen LogP contribution in [0.3, 0.4) is 0 Å². The fourth-order valence-electron chi connectivity index (χ4n) is 2.75. The Morgan fingerprint density at radius 1 is 1.10 bits per heavy atom. The van der Waals surface area contributed by atoms with Crippen molar-refractivity contribution < 1.29 is 0 Å². The first-order valence-electron chi connectivity index (χ1n) is 7.56. The number of piperidine rings is 1. The molecule has 0 radical (unpaired) electrons. The van der Waals surface area contributed by atoms with Gasteiger partial charge in [-0.15, -0.1) is 0 Å². The quantitative estimate of drug-likeness (QED) is 0.909. The zero-order chi connectivity index (χ0) is 14.3. The van der Waals surface area contributed by atoms with Crippen LogP contribution in [-0.4, -0.2) is 45.5 Å². The zero-order valence-electron chi connectivity index (χ0n) is 12.2. The minimum atomic E-state index is 0.435. The second-order valence-corrected chi connectivity index (χ2v) is 5.43. The van der Waals surface area contributed by atoms with E-state index < -0.39 is 0 Å². The van der Waals surface area contributed by atoms with E-state index in [0.29, 0.717) is 6.04 Å². The molecule has 3 rings (SSSR count). The summed E-state index contributed by atoms with van der Waals surface area (Å²) in [6.07, 6.45) is 8.82. The maximum absolute atomic E-state index is 4.39. The molecule has 1 N–H and O–H groups in total. The summed E-state index contributed by atoms with van der Waals surface area (Å²) in [5, 5.41) is 3.43. The van der Waals surface area contributed by atoms with Gasteiger partial charge in [0.05, 0.1) is 0 Å². The molecule has 5 nitrogen and oxygen atoms in total. The van der Waals surface area contributed by atoms with Crippen molar-refractivity contribution >= 4 is 5.95 Å². The molecule has 0 aromatic carbocycles. The van der Waals surface area contributed by atoms with Gasteiger partial charge in [0.25, 0.3) is 0 Å². The summed E-state index contributed by atoms with van der Waals surface area (Å²) >= 11 is 0. The molecule has 1 atom stereocenters. The highest BCUT2D eigenvalue weighted by molar-refractivity contribution is 5.24. The Morgan fingerprint density at radius 3 is 2.76 bits per heavy atom. The SMILES string of the molecule is c1ccc(CCN2CCCC(Nc3ncccn3)C2)nc1. The van der Waals surface area contributed by atoms with Crippen LogP contribution < -0.4 is 5.32 Å². The lowest BCUT2D eigenvalue weighted by Gasteiger charge is -2.33. The number of hydrogen-bond donors (Lipinski definition) is 1. The third kappa shape index (κ3) is 4.23. The van der Waals surface area contributed by atoms with E-state index >= 15 is 0 Å². The molecule has 0 amide bonds. The summed E-state index contributed by atoms with van der Waals surface area (Å²) in [5.41, 5.74) is 1.17. The van der Waals surface area contributed by atoms with Gasteiger partial charge in [0.2, 0.25) is 5.95 Å². The highest BCUT2D eigenvalue weighted by Crippen LogP contribution is 2.13. The number of anilines is 1. The van der Waals surface area contributed by atoms with E-state index in [2.05, 4.69) is 37.3 Å². The molecule has 1 fully saturated rings. The van der Waals surface area contributed by atoms with E-state index in [1.54, 1.807) is 12.4 Å². The average molecular weight is 283 g/mol. The standard InChI is InChI=1S/C16H21N5/c1-2-8-17-14(5-1)7-12-21-11-3-6-15(13-21)20-16-18-9-4-10-19-16/h1-2,4-5,8-10,15H,3,6-7,11-13H2,(H,18,19,20). The van der Waals surface area contributed by atoms with Gasteiger partial charge < -0.3 is 10.2 Å². The normalized spacial score (nSPS) is 19.3. The van der Waals surface area contributed by atoms with Crippen LogP contribution in [0.1, 0.15) is 18.5 Å². The second-order valence-electron chi connectivity index (χ2n) is 5.43. The third-order valence-corrected chi connectivity index (χ3v) is 3.81. The van der Waals surface area contributed by atoms with Gasteiger partial charge in [0, 0.05) is 49.8 Å². The van der Waals surface area contributed by atoms with Crippen LogP contribution in [0.5, 0.6) is 0 Å². The smallest absolute Gasteiger partial charge is 0.222 e. The molecule has 1 aliphatic heterocycles. The number of pyridine rings is 1. The minimum absolute atomic E-state index is 0.435. The van der Waals surface area contributed by atoms with Crippen LogP contribution in [0.4, 0.5) is 5.95 Å². The number of likely N-dealkylation sites (tertiary alicyclic amines) is 1. The fraction of sp³-hybridized carbons (Fsp3) is 0.438. The second kappa shape index (κ2) is 7.13. The van der Waals surface area contributed by atoms with Crippen molar-refractivity contribution in [3.05, 3.63) is 48.5 Å². The van der Waals surface area contributed by atoms with Crippen molar-refractivity contribution in [2.75, 3.05) is 25.0 Å². The molecule has 5 heteroatoms. The molecule has 0 bridgehead atoms. The summed E-state index contributed by atoms with van der Waals surface area (Å²) < 4.78 is 0. The Labute approximate surface area is 125 Å². The lowest BCUT2D eigenvalue weighted by Crippen LogP contribution is -2.43. The van der Waals surface area contributed by atoms with Gasteiger partial charge in [0.1, 0.15) is 0 Å². The van der Waals surface area contributed by atoms with Gasteiger partial charge in [-0.1, -0.05) is 6.07 Å². The molecule has 1 aliphatic rings. The van der Waals surface area contributed by atoms with E-state index in [-0.39, 0.29) is 0 Å². The predicted octanol–water partition coefficient (Wildman–Crippen LogP) is 1.99. The monoisotopic (exact) mass is 283 g/mol. The Kier molecular flexibility index (Phi) is 4.74. The zero-order valence-corrected chi connectivity index (χ0v) is 12.2. The fourth-order valence-corrected chi connectivity index (χ4v) is 2.75. The summed E-state index contributed by atoms with van der Waals surface area (Å²) in [4.78, 5) is 15.4. The van der Waals surface area contributed by atoms with Crippen LogP contribution in [0.25, 0.3) is 0 Å². The molecule has 0 saturated carbocycles. The molecule has 1 unspecified atom stereocenters. The van der Waals surface area contributed by atoms with Gasteiger partial charge in [-0.3, -0.25) is 4.98 Å². The highest BCUT2D eigenvalue weighted by atomic mass is 15.2. The summed E-state index contributed by atoms with van der Waals surface area (Å²) in [5.74, 6) is 0.731. The van der Waals surface area contributed by atoms with Gasteiger partial charge >= 0.3 is 0 Å². The van der Waals surface area contributed by atoms with Crippen LogP contribution in [0.15, 0.2) is 42.9 Å². The Hall–Kier alpha value is -2.01. The van der Waals surface area contributed by atoms with Gasteiger partial charge in [-0.25, -0.2) is 9.97 Å². The van der Waals surface area contributed by atoms with Crippen LogP contribution >= 0.6 is 0 Å². The largest absolute Gasteiger partial charge is 0.350 e. The van der Waals surface area contributed by atoms with Crippen molar-refractivity contribution in [1.29, 1.82) is 0 Å². The number of nitrogens with zero attached hydrogens (tertiary/aromatic N) is 4. The van der Waals surface area contributed by atoms with Crippen LogP contribution in [0.2, 0.25) is 0 Å². The maximum atomic E-state index is 4.39. The van der Waals surface area contributed by atoms with Gasteiger partial charge in [-0.2, -0.15) is 0 Å². The molecule has 2 aromatic heterocycles. The molecular weight excluding hydrogens is 262 g/mol. The molecular formula is C16H21N5. The topological polar surface area (TPSA) is 53.9 Å². The molecule has 2 aromatic rings. The first kappa shape index (κ1) is 13.9. The lowest BCUT2D eigenvalue weighted by molar-refractivity contribution is 0.218. The third-order valence-electron chi connectivity index (χ3n) is 3.81. The summed E-state index contributed by atoms with van der Waals surface area (Å²) in [7, 11) is 0. The number of rotatable bonds is 5. The number of hydrogen-bond acceptors (Lipinski definition) is 5. The van der Waals surface area contributed by atoms with Crippen molar-refractivity contribution in [2.24, 2.45) is 0 Å². The van der Waals surface area contributed by atoms with Crippen molar-refractivity contribution in [3.63, 3.8) is 0 Å². The maximum Gasteiger partial charge on any atom is 0.222 e. The van der Waals surface area contributed by atoms with E-state index in [1.165, 1.54) is 25.1 Å². The van der Waals surface area contributed by atoms with Crippen molar-refractivity contribution in [1.82, 2.24) is 19.9 Å². The molecule has 110 valence electrons. The molecule has 0 spiro atoms. The van der Waals surface area contributed by atoms with E-state index in [4.69, 9.17) is 0 Å². The number of aromatic nitrogens is 3. The molecule has 1 saturated heterocycles. The van der Waals surface area contributed by atoms with E-state index in [9.17, 15) is 0 Å². The van der Waals surface area contributed by atoms with Gasteiger partial charge in [-0.05, 0) is 37.6 Å². The Morgan fingerprint density at radius 2 is 1.95 bits per heavy atom. The van der Waals surface area contributed by atoms with Crippen LogP contribution in [0, 0.1) is 0 Å².